The third-order valence-electron chi connectivity index (χ3n) is 6.22. The molecule has 10 nitrogen and oxygen atoms in total. The van der Waals surface area contributed by atoms with Gasteiger partial charge in [0.2, 0.25) is 0 Å². The van der Waals surface area contributed by atoms with Crippen LogP contribution in [0.25, 0.3) is 0 Å². The van der Waals surface area contributed by atoms with Gasteiger partial charge in [-0.15, -0.1) is 0 Å². The molecule has 0 aliphatic heterocycles. The zero-order valence-corrected chi connectivity index (χ0v) is 26.1. The maximum absolute atomic E-state index is 12.1. The normalized spacial score (nSPS) is 14.8. The van der Waals surface area contributed by atoms with Crippen LogP contribution in [0.2, 0.25) is 0 Å². The number of hydrogen-bond donors (Lipinski definition) is 3. The van der Waals surface area contributed by atoms with Crippen LogP contribution in [-0.4, -0.2) is 65.7 Å². The second-order valence-corrected chi connectivity index (χ2v) is 11.5. The Morgan fingerprint density at radius 1 is 0.683 bits per heavy atom. The Hall–Kier alpha value is -1.55. The minimum Gasteiger partial charge on any atom is -0.457 e. The molecule has 0 aliphatic carbocycles. The van der Waals surface area contributed by atoms with Crippen LogP contribution >= 0.6 is 7.82 Å². The molecule has 3 N–H and O–H groups in total. The molecule has 0 aromatic carbocycles. The van der Waals surface area contributed by atoms with Crippen LogP contribution < -0.4 is 0 Å². The van der Waals surface area contributed by atoms with E-state index in [1.165, 1.54) is 51.4 Å². The third kappa shape index (κ3) is 25.9. The third-order valence-corrected chi connectivity index (χ3v) is 7.17. The highest BCUT2D eigenvalue weighted by Crippen LogP contribution is 2.43. The molecule has 0 bridgehead atoms. The lowest BCUT2D eigenvalue weighted by Crippen LogP contribution is -2.28. The van der Waals surface area contributed by atoms with Gasteiger partial charge in [-0.25, -0.2) is 4.57 Å². The fraction of sp³-hybridized carbons (Fsp3) is 0.800. The number of aliphatic hydroxyl groups is 2. The fourth-order valence-corrected chi connectivity index (χ4v) is 4.55. The van der Waals surface area contributed by atoms with Gasteiger partial charge in [-0.05, 0) is 38.5 Å². The molecule has 3 unspecified atom stereocenters. The first-order chi connectivity index (χ1) is 19.8. The van der Waals surface area contributed by atoms with Gasteiger partial charge >= 0.3 is 19.8 Å². The molecule has 0 aliphatic rings. The first-order valence-electron chi connectivity index (χ1n) is 15.3. The predicted molar refractivity (Wildman–Crippen MR) is 159 cm³/mol. The number of aliphatic hydroxyl groups excluding tert-OH is 2. The van der Waals surface area contributed by atoms with Crippen LogP contribution in [0.1, 0.15) is 117 Å². The minimum absolute atomic E-state index is 0.0727. The topological polar surface area (TPSA) is 149 Å². The average Bonchev–Trinajstić information content (AvgIpc) is 2.96. The number of phosphoric acid groups is 1. The lowest BCUT2D eigenvalue weighted by molar-refractivity contribution is -0.153. The number of phosphoric ester groups is 1. The summed E-state index contributed by atoms with van der Waals surface area (Å²) < 4.78 is 31.5. The predicted octanol–water partition coefficient (Wildman–Crippen LogP) is 6.32. The molecule has 0 heterocycles. The highest BCUT2D eigenvalue weighted by atomic mass is 31.2. The Labute approximate surface area is 247 Å². The van der Waals surface area contributed by atoms with Gasteiger partial charge in [-0.1, -0.05) is 89.5 Å². The van der Waals surface area contributed by atoms with E-state index in [9.17, 15) is 29.3 Å². The van der Waals surface area contributed by atoms with E-state index in [2.05, 4.69) is 31.2 Å². The number of allylic oxidation sites excluding steroid dienone is 4. The fourth-order valence-electron chi connectivity index (χ4n) is 3.77. The lowest BCUT2D eigenvalue weighted by Gasteiger charge is -2.20. The van der Waals surface area contributed by atoms with Crippen molar-refractivity contribution in [3.05, 3.63) is 24.3 Å². The molecule has 11 heteroatoms. The van der Waals surface area contributed by atoms with Crippen molar-refractivity contribution in [2.75, 3.05) is 26.4 Å². The van der Waals surface area contributed by atoms with E-state index in [1.54, 1.807) is 6.92 Å². The first-order valence-corrected chi connectivity index (χ1v) is 16.8. The number of carbonyl (C=O) groups excluding carboxylic acids is 2. The van der Waals surface area contributed by atoms with Crippen molar-refractivity contribution in [1.29, 1.82) is 0 Å². The molecule has 41 heavy (non-hydrogen) atoms. The maximum atomic E-state index is 12.1. The van der Waals surface area contributed by atoms with Gasteiger partial charge in [0.1, 0.15) is 12.2 Å². The van der Waals surface area contributed by atoms with E-state index in [-0.39, 0.29) is 12.8 Å². The summed E-state index contributed by atoms with van der Waals surface area (Å²) in [5.41, 5.74) is 0. The number of unbranched alkanes of at least 4 members (excludes halogenated alkanes) is 11. The molecule has 240 valence electrons. The number of rotatable bonds is 28. The second-order valence-electron chi connectivity index (χ2n) is 10.0. The second kappa shape index (κ2) is 27.3. The van der Waals surface area contributed by atoms with E-state index in [1.807, 2.05) is 0 Å². The molecule has 3 atom stereocenters. The summed E-state index contributed by atoms with van der Waals surface area (Å²) in [7, 11) is -4.59. The van der Waals surface area contributed by atoms with Crippen LogP contribution in [0, 0.1) is 0 Å². The Morgan fingerprint density at radius 2 is 1.15 bits per heavy atom. The Kier molecular flexibility index (Phi) is 26.3. The van der Waals surface area contributed by atoms with E-state index < -0.39 is 58.4 Å². The quantitative estimate of drug-likeness (QED) is 0.0400. The number of ether oxygens (including phenoxy) is 2. The molecule has 0 rings (SSSR count). The van der Waals surface area contributed by atoms with Crippen LogP contribution in [0.3, 0.4) is 0 Å². The van der Waals surface area contributed by atoms with Gasteiger partial charge in [0.15, 0.2) is 0 Å². The molecule has 0 spiro atoms. The van der Waals surface area contributed by atoms with Crippen molar-refractivity contribution in [2.24, 2.45) is 0 Å². The van der Waals surface area contributed by atoms with Crippen molar-refractivity contribution < 1.29 is 47.8 Å². The van der Waals surface area contributed by atoms with Crippen molar-refractivity contribution >= 4 is 19.8 Å². The van der Waals surface area contributed by atoms with Gasteiger partial charge < -0.3 is 24.6 Å². The van der Waals surface area contributed by atoms with Gasteiger partial charge in [0.05, 0.1) is 26.4 Å². The zero-order valence-electron chi connectivity index (χ0n) is 25.3. The molecular weight excluding hydrogens is 551 g/mol. The van der Waals surface area contributed by atoms with Crippen molar-refractivity contribution in [3.63, 3.8) is 0 Å². The molecule has 0 aromatic rings. The Balaban J connectivity index is 3.84. The lowest BCUT2D eigenvalue weighted by atomic mass is 10.1. The first kappa shape index (κ1) is 39.5. The van der Waals surface area contributed by atoms with Crippen molar-refractivity contribution in [2.45, 2.75) is 129 Å². The number of hydrogen-bond acceptors (Lipinski definition) is 9. The molecule has 0 aromatic heterocycles. The SMILES string of the molecule is CCCCCC/C=C\C/C=C\CCCCCCCCCC(=O)OC(CO)COP(=O)(O)OCC(CO)OC(=O)CC. The van der Waals surface area contributed by atoms with Gasteiger partial charge in [0.25, 0.3) is 0 Å². The maximum Gasteiger partial charge on any atom is 0.472 e. The molecular formula is C30H55O10P. The van der Waals surface area contributed by atoms with Crippen LogP contribution in [0.4, 0.5) is 0 Å². The minimum atomic E-state index is -4.59. The smallest absolute Gasteiger partial charge is 0.457 e. The molecule has 0 saturated carbocycles. The van der Waals surface area contributed by atoms with Gasteiger partial charge in [-0.2, -0.15) is 0 Å². The van der Waals surface area contributed by atoms with E-state index in [0.717, 1.165) is 32.1 Å². The van der Waals surface area contributed by atoms with Crippen molar-refractivity contribution in [3.8, 4) is 0 Å². The van der Waals surface area contributed by atoms with Crippen LogP contribution in [0.15, 0.2) is 24.3 Å². The molecule has 0 radical (unpaired) electrons. The number of carbonyl (C=O) groups is 2. The Morgan fingerprint density at radius 3 is 1.63 bits per heavy atom. The summed E-state index contributed by atoms with van der Waals surface area (Å²) in [6.45, 7) is 1.48. The van der Waals surface area contributed by atoms with Gasteiger partial charge in [-0.3, -0.25) is 18.6 Å². The highest BCUT2D eigenvalue weighted by Gasteiger charge is 2.27. The average molecular weight is 607 g/mol. The largest absolute Gasteiger partial charge is 0.472 e. The molecule has 0 fully saturated rings. The van der Waals surface area contributed by atoms with Crippen LogP contribution in [-0.2, 0) is 32.7 Å². The monoisotopic (exact) mass is 606 g/mol. The van der Waals surface area contributed by atoms with E-state index >= 15 is 0 Å². The van der Waals surface area contributed by atoms with E-state index in [0.29, 0.717) is 6.42 Å². The Bertz CT molecular complexity index is 756. The summed E-state index contributed by atoms with van der Waals surface area (Å²) >= 11 is 0. The summed E-state index contributed by atoms with van der Waals surface area (Å²) in [6.07, 6.45) is 22.9. The zero-order chi connectivity index (χ0) is 30.6. The van der Waals surface area contributed by atoms with Gasteiger partial charge in [0, 0.05) is 12.8 Å². The summed E-state index contributed by atoms with van der Waals surface area (Å²) in [6, 6.07) is 0. The molecule has 0 saturated heterocycles. The van der Waals surface area contributed by atoms with Crippen molar-refractivity contribution in [1.82, 2.24) is 0 Å². The summed E-state index contributed by atoms with van der Waals surface area (Å²) in [5, 5.41) is 18.6. The van der Waals surface area contributed by atoms with Crippen LogP contribution in [0.5, 0.6) is 0 Å². The number of esters is 2. The summed E-state index contributed by atoms with van der Waals surface area (Å²) in [5.74, 6) is -1.12. The highest BCUT2D eigenvalue weighted by molar-refractivity contribution is 7.47. The van der Waals surface area contributed by atoms with E-state index in [4.69, 9.17) is 18.5 Å². The summed E-state index contributed by atoms with van der Waals surface area (Å²) in [4.78, 5) is 33.1. The molecule has 0 amide bonds. The standard InChI is InChI=1S/C30H55O10P/c1-3-5-6-7-8-9-10-11-12-13-14-15-16-17-18-19-20-21-22-30(34)40-28(24-32)26-38-41(35,36)37-25-27(23-31)39-29(33)4-2/h9-10,12-13,27-28,31-32H,3-8,11,14-26H2,1-2H3,(H,35,36)/b10-9-,13-12-.